The molecule has 2 aromatic rings. The summed E-state index contributed by atoms with van der Waals surface area (Å²) in [7, 11) is 0. The largest absolute Gasteiger partial charge is 0.348 e. The van der Waals surface area contributed by atoms with Crippen molar-refractivity contribution in [3.8, 4) is 0 Å². The highest BCUT2D eigenvalue weighted by molar-refractivity contribution is 6.31. The van der Waals surface area contributed by atoms with Gasteiger partial charge in [-0.25, -0.2) is 9.67 Å². The highest BCUT2D eigenvalue weighted by Crippen LogP contribution is 2.22. The molecule has 1 aromatic heterocycles. The maximum Gasteiger partial charge on any atom is 0.234 e. The Hall–Kier alpha value is -1.92. The molecule has 2 heterocycles. The Bertz CT molecular complexity index is 714. The van der Waals surface area contributed by atoms with Crippen molar-refractivity contribution in [2.45, 2.75) is 33.0 Å². The highest BCUT2D eigenvalue weighted by atomic mass is 35.5. The average Bonchev–Trinajstić information content (AvgIpc) is 2.86. The predicted molar refractivity (Wildman–Crippen MR) is 88.0 cm³/mol. The maximum absolute atomic E-state index is 12.3. The third kappa shape index (κ3) is 3.71. The van der Waals surface area contributed by atoms with Crippen molar-refractivity contribution >= 4 is 17.5 Å². The lowest BCUT2D eigenvalue weighted by atomic mass is 10.1. The number of aromatic nitrogens is 3. The van der Waals surface area contributed by atoms with Gasteiger partial charge in [0.25, 0.3) is 0 Å². The van der Waals surface area contributed by atoms with Gasteiger partial charge in [-0.2, -0.15) is 5.10 Å². The number of benzene rings is 1. The molecular weight excluding hydrogens is 314 g/mol. The number of amides is 1. The number of hydrogen-bond acceptors (Lipinski definition) is 4. The molecule has 0 saturated heterocycles. The van der Waals surface area contributed by atoms with E-state index < -0.39 is 0 Å². The fourth-order valence-electron chi connectivity index (χ4n) is 2.84. The zero-order chi connectivity index (χ0) is 16.4. The van der Waals surface area contributed by atoms with Gasteiger partial charge in [0, 0.05) is 11.6 Å². The zero-order valence-corrected chi connectivity index (χ0v) is 14.0. The van der Waals surface area contributed by atoms with Crippen LogP contribution in [-0.2, 0) is 17.9 Å². The van der Waals surface area contributed by atoms with E-state index in [-0.39, 0.29) is 11.9 Å². The first kappa shape index (κ1) is 16.0. The third-order valence-corrected chi connectivity index (χ3v) is 4.31. The third-order valence-electron chi connectivity index (χ3n) is 3.96. The second-order valence-electron chi connectivity index (χ2n) is 5.82. The Morgan fingerprint density at radius 3 is 2.96 bits per heavy atom. The molecular formula is C16H20ClN5O. The summed E-state index contributed by atoms with van der Waals surface area (Å²) in [4.78, 5) is 18.8. The Morgan fingerprint density at radius 2 is 2.17 bits per heavy atom. The lowest BCUT2D eigenvalue weighted by Crippen LogP contribution is -2.42. The van der Waals surface area contributed by atoms with E-state index in [1.165, 1.54) is 0 Å². The number of carbonyl (C=O) groups is 1. The maximum atomic E-state index is 12.3. The summed E-state index contributed by atoms with van der Waals surface area (Å²) >= 11 is 6.17. The average molecular weight is 334 g/mol. The van der Waals surface area contributed by atoms with Crippen LogP contribution < -0.4 is 5.32 Å². The van der Waals surface area contributed by atoms with Crippen molar-refractivity contribution in [1.82, 2.24) is 25.0 Å². The van der Waals surface area contributed by atoms with E-state index in [0.717, 1.165) is 30.3 Å². The summed E-state index contributed by atoms with van der Waals surface area (Å²) in [6, 6.07) is 7.45. The quantitative estimate of drug-likeness (QED) is 0.928. The van der Waals surface area contributed by atoms with Gasteiger partial charge in [0.2, 0.25) is 5.91 Å². The van der Waals surface area contributed by atoms with Gasteiger partial charge in [-0.05, 0) is 25.5 Å². The van der Waals surface area contributed by atoms with Gasteiger partial charge in [-0.1, -0.05) is 29.8 Å². The van der Waals surface area contributed by atoms with Crippen LogP contribution in [0.2, 0.25) is 5.02 Å². The fraction of sp³-hybridized carbons (Fsp3) is 0.438. The molecule has 1 aliphatic heterocycles. The van der Waals surface area contributed by atoms with Crippen molar-refractivity contribution in [2.24, 2.45) is 0 Å². The molecule has 1 N–H and O–H groups in total. The topological polar surface area (TPSA) is 63.1 Å². The molecule has 7 heteroatoms. The van der Waals surface area contributed by atoms with Crippen LogP contribution in [0.5, 0.6) is 0 Å². The standard InChI is InChI=1S/C16H20ClN5O/c1-11(13-5-3-4-6-14(13)17)18-16(23)10-21-7-8-22-15(9-21)19-12(2)20-22/h3-6,11H,7-10H2,1-2H3,(H,18,23). The predicted octanol–water partition coefficient (Wildman–Crippen LogP) is 1.93. The molecule has 1 unspecified atom stereocenters. The van der Waals surface area contributed by atoms with E-state index in [4.69, 9.17) is 11.6 Å². The molecule has 1 atom stereocenters. The number of nitrogens with one attached hydrogen (secondary N) is 1. The van der Waals surface area contributed by atoms with Gasteiger partial charge in [-0.3, -0.25) is 9.69 Å². The van der Waals surface area contributed by atoms with Crippen LogP contribution in [0.15, 0.2) is 24.3 Å². The van der Waals surface area contributed by atoms with Gasteiger partial charge in [-0.15, -0.1) is 0 Å². The van der Waals surface area contributed by atoms with Crippen LogP contribution in [-0.4, -0.2) is 38.7 Å². The molecule has 3 rings (SSSR count). The van der Waals surface area contributed by atoms with E-state index in [0.29, 0.717) is 18.1 Å². The Labute approximate surface area is 140 Å². The first-order valence-electron chi connectivity index (χ1n) is 7.69. The summed E-state index contributed by atoms with van der Waals surface area (Å²) in [5.74, 6) is 1.68. The molecule has 0 saturated carbocycles. The zero-order valence-electron chi connectivity index (χ0n) is 13.3. The summed E-state index contributed by atoms with van der Waals surface area (Å²) in [6.45, 7) is 6.38. The SMILES string of the molecule is Cc1nc2n(n1)CCN(CC(=O)NC(C)c1ccccc1Cl)C2. The van der Waals surface area contributed by atoms with E-state index >= 15 is 0 Å². The van der Waals surface area contributed by atoms with Crippen molar-refractivity contribution in [1.29, 1.82) is 0 Å². The van der Waals surface area contributed by atoms with Crippen LogP contribution in [0.4, 0.5) is 0 Å². The monoisotopic (exact) mass is 333 g/mol. The molecule has 6 nitrogen and oxygen atoms in total. The lowest BCUT2D eigenvalue weighted by molar-refractivity contribution is -0.123. The van der Waals surface area contributed by atoms with E-state index in [9.17, 15) is 4.79 Å². The fourth-order valence-corrected chi connectivity index (χ4v) is 3.14. The first-order valence-corrected chi connectivity index (χ1v) is 8.07. The number of halogens is 1. The van der Waals surface area contributed by atoms with Crippen LogP contribution in [0.1, 0.15) is 30.2 Å². The van der Waals surface area contributed by atoms with Gasteiger partial charge in [0.05, 0.1) is 25.7 Å². The first-order chi connectivity index (χ1) is 11.0. The molecule has 0 aliphatic carbocycles. The van der Waals surface area contributed by atoms with Gasteiger partial charge >= 0.3 is 0 Å². The molecule has 0 fully saturated rings. The second-order valence-corrected chi connectivity index (χ2v) is 6.23. The smallest absolute Gasteiger partial charge is 0.234 e. The molecule has 122 valence electrons. The summed E-state index contributed by atoms with van der Waals surface area (Å²) in [6.07, 6.45) is 0. The second kappa shape index (κ2) is 6.68. The molecule has 1 aliphatic rings. The highest BCUT2D eigenvalue weighted by Gasteiger charge is 2.21. The Kier molecular flexibility index (Phi) is 4.63. The summed E-state index contributed by atoms with van der Waals surface area (Å²) in [5.41, 5.74) is 0.927. The van der Waals surface area contributed by atoms with Crippen LogP contribution in [0, 0.1) is 6.92 Å². The number of aryl methyl sites for hydroxylation is 1. The van der Waals surface area contributed by atoms with Crippen molar-refractivity contribution in [3.05, 3.63) is 46.5 Å². The minimum atomic E-state index is -0.119. The van der Waals surface area contributed by atoms with E-state index in [1.807, 2.05) is 42.8 Å². The minimum Gasteiger partial charge on any atom is -0.348 e. The van der Waals surface area contributed by atoms with Crippen LogP contribution in [0.3, 0.4) is 0 Å². The van der Waals surface area contributed by atoms with Crippen LogP contribution in [0.25, 0.3) is 0 Å². The summed E-state index contributed by atoms with van der Waals surface area (Å²) in [5, 5.41) is 8.00. The number of hydrogen-bond donors (Lipinski definition) is 1. The summed E-state index contributed by atoms with van der Waals surface area (Å²) < 4.78 is 1.91. The van der Waals surface area contributed by atoms with E-state index in [2.05, 4.69) is 20.3 Å². The van der Waals surface area contributed by atoms with Crippen LogP contribution >= 0.6 is 11.6 Å². The Balaban J connectivity index is 1.57. The van der Waals surface area contributed by atoms with Gasteiger partial charge in [0.15, 0.2) is 0 Å². The minimum absolute atomic E-state index is 0.0119. The molecule has 0 spiro atoms. The van der Waals surface area contributed by atoms with Crippen molar-refractivity contribution in [2.75, 3.05) is 13.1 Å². The molecule has 1 amide bonds. The number of rotatable bonds is 4. The van der Waals surface area contributed by atoms with Crippen molar-refractivity contribution in [3.63, 3.8) is 0 Å². The molecule has 0 radical (unpaired) electrons. The van der Waals surface area contributed by atoms with Crippen molar-refractivity contribution < 1.29 is 4.79 Å². The lowest BCUT2D eigenvalue weighted by Gasteiger charge is -2.26. The van der Waals surface area contributed by atoms with E-state index in [1.54, 1.807) is 0 Å². The Morgan fingerprint density at radius 1 is 1.39 bits per heavy atom. The number of nitrogens with zero attached hydrogens (tertiary/aromatic N) is 4. The molecule has 0 bridgehead atoms. The molecule has 23 heavy (non-hydrogen) atoms. The number of carbonyl (C=O) groups excluding carboxylic acids is 1. The molecule has 1 aromatic carbocycles. The number of fused-ring (bicyclic) bond motifs is 1. The van der Waals surface area contributed by atoms with Gasteiger partial charge in [0.1, 0.15) is 11.6 Å². The van der Waals surface area contributed by atoms with Gasteiger partial charge < -0.3 is 5.32 Å². The normalized spacial score (nSPS) is 16.0.